The van der Waals surface area contributed by atoms with Crippen molar-refractivity contribution in [1.29, 1.82) is 0 Å². The summed E-state index contributed by atoms with van der Waals surface area (Å²) in [5.74, 6) is 0.551. The maximum absolute atomic E-state index is 13.4. The van der Waals surface area contributed by atoms with Crippen molar-refractivity contribution in [3.8, 4) is 11.1 Å². The van der Waals surface area contributed by atoms with Gasteiger partial charge in [-0.1, -0.05) is 30.7 Å². The van der Waals surface area contributed by atoms with E-state index in [0.29, 0.717) is 13.0 Å². The van der Waals surface area contributed by atoms with Crippen LogP contribution in [0.1, 0.15) is 37.7 Å². The van der Waals surface area contributed by atoms with Gasteiger partial charge in [0.15, 0.2) is 0 Å². The summed E-state index contributed by atoms with van der Waals surface area (Å²) in [6, 6.07) is 12.4. The monoisotopic (exact) mass is 405 g/mol. The van der Waals surface area contributed by atoms with E-state index in [4.69, 9.17) is 0 Å². The van der Waals surface area contributed by atoms with Gasteiger partial charge in [0.25, 0.3) is 0 Å². The van der Waals surface area contributed by atoms with Gasteiger partial charge in [0.1, 0.15) is 0 Å². The van der Waals surface area contributed by atoms with Crippen LogP contribution in [0, 0.1) is 11.3 Å². The first-order chi connectivity index (χ1) is 14.5. The Labute approximate surface area is 179 Å². The second-order valence-electron chi connectivity index (χ2n) is 9.08. The Hall–Kier alpha value is -2.69. The summed E-state index contributed by atoms with van der Waals surface area (Å²) in [6.45, 7) is 1.30. The Morgan fingerprint density at radius 2 is 1.87 bits per heavy atom. The van der Waals surface area contributed by atoms with Crippen LogP contribution in [0.4, 0.5) is 0 Å². The van der Waals surface area contributed by atoms with Crippen molar-refractivity contribution in [2.24, 2.45) is 11.3 Å². The molecule has 4 rings (SSSR count). The van der Waals surface area contributed by atoms with Crippen LogP contribution in [0.2, 0.25) is 0 Å². The first-order valence-electron chi connectivity index (χ1n) is 11.0. The maximum atomic E-state index is 13.4. The van der Waals surface area contributed by atoms with Crippen LogP contribution in [-0.2, 0) is 16.0 Å². The predicted molar refractivity (Wildman–Crippen MR) is 118 cm³/mol. The molecule has 0 N–H and O–H groups in total. The molecule has 5 nitrogen and oxygen atoms in total. The van der Waals surface area contributed by atoms with Crippen LogP contribution in [0.25, 0.3) is 11.1 Å². The molecule has 2 aliphatic rings. The Morgan fingerprint density at radius 1 is 1.10 bits per heavy atom. The molecule has 1 aromatic carbocycles. The zero-order valence-corrected chi connectivity index (χ0v) is 18.0. The highest BCUT2D eigenvalue weighted by atomic mass is 16.2. The van der Waals surface area contributed by atoms with Gasteiger partial charge >= 0.3 is 0 Å². The number of hydrogen-bond donors (Lipinski definition) is 0. The topological polar surface area (TPSA) is 53.5 Å². The molecular formula is C25H31N3O2. The maximum Gasteiger partial charge on any atom is 0.230 e. The summed E-state index contributed by atoms with van der Waals surface area (Å²) in [4.78, 5) is 34.1. The Morgan fingerprint density at radius 3 is 2.53 bits per heavy atom. The zero-order chi connectivity index (χ0) is 21.1. The highest BCUT2D eigenvalue weighted by Gasteiger charge is 2.45. The Bertz CT molecular complexity index is 908. The van der Waals surface area contributed by atoms with E-state index in [9.17, 15) is 9.59 Å². The fourth-order valence-corrected chi connectivity index (χ4v) is 4.90. The van der Waals surface area contributed by atoms with Crippen LogP contribution in [0.3, 0.4) is 0 Å². The summed E-state index contributed by atoms with van der Waals surface area (Å²) in [5.41, 5.74) is 2.82. The van der Waals surface area contributed by atoms with E-state index in [1.165, 1.54) is 0 Å². The molecule has 2 amide bonds. The highest BCUT2D eigenvalue weighted by molar-refractivity contribution is 5.85. The van der Waals surface area contributed by atoms with Crippen LogP contribution in [0.15, 0.2) is 48.8 Å². The average Bonchev–Trinajstić information content (AvgIpc) is 2.73. The van der Waals surface area contributed by atoms with Gasteiger partial charge in [-0.05, 0) is 60.9 Å². The molecule has 0 unspecified atom stereocenters. The molecular weight excluding hydrogens is 374 g/mol. The normalized spacial score (nSPS) is 21.7. The molecule has 0 radical (unpaired) electrons. The van der Waals surface area contributed by atoms with Crippen molar-refractivity contribution < 1.29 is 9.59 Å². The lowest BCUT2D eigenvalue weighted by Crippen LogP contribution is -2.55. The molecule has 1 saturated heterocycles. The third-order valence-electron chi connectivity index (χ3n) is 6.69. The van der Waals surface area contributed by atoms with E-state index in [-0.39, 0.29) is 17.7 Å². The number of benzene rings is 1. The molecule has 2 aromatic rings. The number of nitrogens with zero attached hydrogens (tertiary/aromatic N) is 3. The standard InChI is InChI=1S/C25H31N3O2/c1-27(2)24(30)25(12-5-15-28(18-25)23(29)21-7-4-8-21)17-19-6-3-9-22(16-19)20-10-13-26-14-11-20/h3,6,9-11,13-14,16,21H,4-5,7-8,12,15,17-18H2,1-2H3/t25-/m1/s1. The molecule has 0 spiro atoms. The van der Waals surface area contributed by atoms with Gasteiger partial charge in [-0.15, -0.1) is 0 Å². The minimum absolute atomic E-state index is 0.128. The molecule has 1 saturated carbocycles. The second kappa shape index (κ2) is 8.58. The van der Waals surface area contributed by atoms with Gasteiger partial charge in [0.2, 0.25) is 11.8 Å². The third kappa shape index (κ3) is 4.11. The number of carbonyl (C=O) groups is 2. The van der Waals surface area contributed by atoms with Gasteiger partial charge in [0.05, 0.1) is 5.41 Å². The van der Waals surface area contributed by atoms with E-state index in [2.05, 4.69) is 29.2 Å². The van der Waals surface area contributed by atoms with Crippen LogP contribution in [-0.4, -0.2) is 53.8 Å². The van der Waals surface area contributed by atoms with E-state index in [1.807, 2.05) is 31.1 Å². The number of amides is 2. The van der Waals surface area contributed by atoms with Crippen LogP contribution >= 0.6 is 0 Å². The molecule has 158 valence electrons. The van der Waals surface area contributed by atoms with Crippen molar-refractivity contribution in [3.63, 3.8) is 0 Å². The van der Waals surface area contributed by atoms with E-state index in [1.54, 1.807) is 17.3 Å². The first kappa shape index (κ1) is 20.6. The summed E-state index contributed by atoms with van der Waals surface area (Å²) in [6.07, 6.45) is 9.08. The van der Waals surface area contributed by atoms with Crippen molar-refractivity contribution in [3.05, 3.63) is 54.4 Å². The zero-order valence-electron chi connectivity index (χ0n) is 18.0. The summed E-state index contributed by atoms with van der Waals surface area (Å²) < 4.78 is 0. The summed E-state index contributed by atoms with van der Waals surface area (Å²) >= 11 is 0. The average molecular weight is 406 g/mol. The van der Waals surface area contributed by atoms with Gasteiger partial charge in [-0.25, -0.2) is 0 Å². The lowest BCUT2D eigenvalue weighted by Gasteiger charge is -2.44. The fourth-order valence-electron chi connectivity index (χ4n) is 4.90. The Kier molecular flexibility index (Phi) is 5.89. The number of pyridine rings is 1. The van der Waals surface area contributed by atoms with Crippen LogP contribution < -0.4 is 0 Å². The largest absolute Gasteiger partial charge is 0.348 e. The highest BCUT2D eigenvalue weighted by Crippen LogP contribution is 2.38. The lowest BCUT2D eigenvalue weighted by atomic mass is 9.73. The quantitative estimate of drug-likeness (QED) is 0.761. The number of hydrogen-bond acceptors (Lipinski definition) is 3. The SMILES string of the molecule is CN(C)C(=O)[C@@]1(Cc2cccc(-c3ccncc3)c2)CCCN(C(=O)C2CCC2)C1. The van der Waals surface area contributed by atoms with Gasteiger partial charge in [-0.2, -0.15) is 0 Å². The molecule has 5 heteroatoms. The Balaban J connectivity index is 1.61. The molecule has 0 bridgehead atoms. The predicted octanol–water partition coefficient (Wildman–Crippen LogP) is 3.79. The number of likely N-dealkylation sites (tertiary alicyclic amines) is 1. The molecule has 30 heavy (non-hydrogen) atoms. The van der Waals surface area contributed by atoms with Crippen molar-refractivity contribution >= 4 is 11.8 Å². The fraction of sp³-hybridized carbons (Fsp3) is 0.480. The third-order valence-corrected chi connectivity index (χ3v) is 6.69. The molecule has 1 aliphatic carbocycles. The minimum atomic E-state index is -0.558. The van der Waals surface area contributed by atoms with E-state index < -0.39 is 5.41 Å². The summed E-state index contributed by atoms with van der Waals surface area (Å²) in [7, 11) is 3.65. The second-order valence-corrected chi connectivity index (χ2v) is 9.08. The van der Waals surface area contributed by atoms with E-state index >= 15 is 0 Å². The van der Waals surface area contributed by atoms with E-state index in [0.717, 1.165) is 55.3 Å². The van der Waals surface area contributed by atoms with Gasteiger partial charge in [-0.3, -0.25) is 14.6 Å². The van der Waals surface area contributed by atoms with Crippen molar-refractivity contribution in [2.45, 2.75) is 38.5 Å². The number of carbonyl (C=O) groups excluding carboxylic acids is 2. The van der Waals surface area contributed by atoms with Crippen molar-refractivity contribution in [2.75, 3.05) is 27.2 Å². The van der Waals surface area contributed by atoms with Gasteiger partial charge < -0.3 is 9.80 Å². The lowest BCUT2D eigenvalue weighted by molar-refractivity contribution is -0.150. The molecule has 2 fully saturated rings. The summed E-state index contributed by atoms with van der Waals surface area (Å²) in [5, 5.41) is 0. The number of aromatic nitrogens is 1. The van der Waals surface area contributed by atoms with Crippen LogP contribution in [0.5, 0.6) is 0 Å². The smallest absolute Gasteiger partial charge is 0.230 e. The first-order valence-corrected chi connectivity index (χ1v) is 11.0. The molecule has 1 atom stereocenters. The minimum Gasteiger partial charge on any atom is -0.348 e. The number of rotatable bonds is 5. The van der Waals surface area contributed by atoms with Crippen molar-refractivity contribution in [1.82, 2.24) is 14.8 Å². The van der Waals surface area contributed by atoms with Gasteiger partial charge in [0, 0.05) is 45.5 Å². The molecule has 1 aromatic heterocycles. The molecule has 1 aliphatic heterocycles. The molecule has 2 heterocycles. The number of piperidine rings is 1.